The Morgan fingerprint density at radius 1 is 1.35 bits per heavy atom. The number of hydrogen-bond donors (Lipinski definition) is 1. The summed E-state index contributed by atoms with van der Waals surface area (Å²) in [6.07, 6.45) is 5.08. The smallest absolute Gasteiger partial charge is 0.231 e. The first-order chi connectivity index (χ1) is 11.1. The first-order valence-electron chi connectivity index (χ1n) is 7.77. The van der Waals surface area contributed by atoms with Crippen molar-refractivity contribution in [1.29, 1.82) is 0 Å². The number of pyridine rings is 1. The SMILES string of the molecule is C[C@@H](c1ccc(-n2cc(F)cn2)nc1)N1CCC2(CNC2)C1=O. The Hall–Kier alpha value is -2.28. The highest BCUT2D eigenvalue weighted by Gasteiger charge is 2.51. The molecule has 2 aromatic heterocycles. The van der Waals surface area contributed by atoms with Gasteiger partial charge in [-0.05, 0) is 25.0 Å². The summed E-state index contributed by atoms with van der Waals surface area (Å²) in [5.41, 5.74) is 0.799. The van der Waals surface area contributed by atoms with Gasteiger partial charge >= 0.3 is 0 Å². The van der Waals surface area contributed by atoms with Crippen molar-refractivity contribution in [3.63, 3.8) is 0 Å². The fourth-order valence-electron chi connectivity index (χ4n) is 3.36. The van der Waals surface area contributed by atoms with Crippen LogP contribution in [0.25, 0.3) is 5.82 Å². The van der Waals surface area contributed by atoms with Crippen molar-refractivity contribution in [3.05, 3.63) is 42.1 Å². The van der Waals surface area contributed by atoms with E-state index in [2.05, 4.69) is 15.4 Å². The Bertz CT molecular complexity index is 737. The molecule has 1 N–H and O–H groups in total. The molecule has 0 unspecified atom stereocenters. The van der Waals surface area contributed by atoms with Gasteiger partial charge in [-0.2, -0.15) is 5.10 Å². The summed E-state index contributed by atoms with van der Waals surface area (Å²) in [4.78, 5) is 18.9. The molecule has 1 atom stereocenters. The summed E-state index contributed by atoms with van der Waals surface area (Å²) < 4.78 is 14.4. The Morgan fingerprint density at radius 3 is 2.70 bits per heavy atom. The monoisotopic (exact) mass is 315 g/mol. The van der Waals surface area contributed by atoms with Gasteiger partial charge in [0.2, 0.25) is 5.91 Å². The first-order valence-corrected chi connectivity index (χ1v) is 7.77. The molecule has 0 saturated carbocycles. The standard InChI is InChI=1S/C16H18FN5O/c1-11(21-5-4-16(15(21)23)9-18-10-16)12-2-3-14(19-6-12)22-8-13(17)7-20-22/h2-3,6-8,11,18H,4-5,9-10H2,1H3/t11-/m0/s1. The van der Waals surface area contributed by atoms with Crippen LogP contribution < -0.4 is 5.32 Å². The lowest BCUT2D eigenvalue weighted by Crippen LogP contribution is -2.57. The molecule has 0 radical (unpaired) electrons. The van der Waals surface area contributed by atoms with E-state index in [4.69, 9.17) is 0 Å². The number of aromatic nitrogens is 3. The number of nitrogens with one attached hydrogen (secondary N) is 1. The molecule has 4 rings (SSSR count). The quantitative estimate of drug-likeness (QED) is 0.927. The summed E-state index contributed by atoms with van der Waals surface area (Å²) in [5, 5.41) is 7.10. The van der Waals surface area contributed by atoms with Gasteiger partial charge in [0.15, 0.2) is 11.6 Å². The van der Waals surface area contributed by atoms with Gasteiger partial charge in [0.25, 0.3) is 0 Å². The number of hydrogen-bond acceptors (Lipinski definition) is 4. The fraction of sp³-hybridized carbons (Fsp3) is 0.438. The van der Waals surface area contributed by atoms with Crippen molar-refractivity contribution in [2.24, 2.45) is 5.41 Å². The summed E-state index contributed by atoms with van der Waals surface area (Å²) >= 11 is 0. The molecule has 4 heterocycles. The molecule has 6 nitrogen and oxygen atoms in total. The average molecular weight is 315 g/mol. The van der Waals surface area contributed by atoms with Crippen LogP contribution in [0.3, 0.4) is 0 Å². The van der Waals surface area contributed by atoms with E-state index in [1.54, 1.807) is 12.3 Å². The van der Waals surface area contributed by atoms with Gasteiger partial charge in [0.05, 0.1) is 23.9 Å². The molecule has 2 aromatic rings. The van der Waals surface area contributed by atoms with E-state index in [0.717, 1.165) is 37.8 Å². The predicted molar refractivity (Wildman–Crippen MR) is 81.4 cm³/mol. The van der Waals surface area contributed by atoms with Crippen molar-refractivity contribution < 1.29 is 9.18 Å². The third-order valence-corrected chi connectivity index (χ3v) is 4.98. The number of likely N-dealkylation sites (tertiary alicyclic amines) is 1. The molecule has 2 fully saturated rings. The Balaban J connectivity index is 1.53. The number of amides is 1. The largest absolute Gasteiger partial charge is 0.335 e. The first kappa shape index (κ1) is 14.3. The molecular formula is C16H18FN5O. The van der Waals surface area contributed by atoms with E-state index in [1.807, 2.05) is 17.9 Å². The second-order valence-corrected chi connectivity index (χ2v) is 6.36. The Morgan fingerprint density at radius 2 is 2.17 bits per heavy atom. The van der Waals surface area contributed by atoms with Gasteiger partial charge in [-0.15, -0.1) is 0 Å². The third kappa shape index (κ3) is 2.23. The molecule has 120 valence electrons. The van der Waals surface area contributed by atoms with Gasteiger partial charge in [-0.1, -0.05) is 6.07 Å². The average Bonchev–Trinajstić information content (AvgIpc) is 3.10. The Kier molecular flexibility index (Phi) is 3.19. The highest BCUT2D eigenvalue weighted by atomic mass is 19.1. The molecule has 0 aliphatic carbocycles. The summed E-state index contributed by atoms with van der Waals surface area (Å²) in [6.45, 7) is 4.38. The summed E-state index contributed by atoms with van der Waals surface area (Å²) in [6, 6.07) is 3.70. The van der Waals surface area contributed by atoms with Crippen LogP contribution in [0, 0.1) is 11.2 Å². The Labute approximate surface area is 133 Å². The van der Waals surface area contributed by atoms with Gasteiger partial charge in [-0.3, -0.25) is 4.79 Å². The van der Waals surface area contributed by atoms with Crippen molar-refractivity contribution >= 4 is 5.91 Å². The van der Waals surface area contributed by atoms with Crippen LogP contribution >= 0.6 is 0 Å². The predicted octanol–water partition coefficient (Wildman–Crippen LogP) is 1.29. The maximum Gasteiger partial charge on any atom is 0.231 e. The lowest BCUT2D eigenvalue weighted by Gasteiger charge is -2.38. The number of rotatable bonds is 3. The van der Waals surface area contributed by atoms with Crippen LogP contribution in [-0.4, -0.2) is 45.2 Å². The lowest BCUT2D eigenvalue weighted by molar-refractivity contribution is -0.140. The number of nitrogens with zero attached hydrogens (tertiary/aromatic N) is 4. The van der Waals surface area contributed by atoms with Crippen LogP contribution in [0.1, 0.15) is 24.9 Å². The zero-order chi connectivity index (χ0) is 16.0. The summed E-state index contributed by atoms with van der Waals surface area (Å²) in [5.74, 6) is 0.394. The van der Waals surface area contributed by atoms with Gasteiger partial charge in [0.1, 0.15) is 0 Å². The minimum absolute atomic E-state index is 0.0154. The second kappa shape index (κ2) is 5.13. The maximum absolute atomic E-state index is 13.0. The summed E-state index contributed by atoms with van der Waals surface area (Å²) in [7, 11) is 0. The van der Waals surface area contributed by atoms with E-state index in [0.29, 0.717) is 5.82 Å². The minimum atomic E-state index is -0.397. The van der Waals surface area contributed by atoms with Crippen molar-refractivity contribution in [2.45, 2.75) is 19.4 Å². The molecule has 0 aromatic carbocycles. The van der Waals surface area contributed by atoms with Crippen LogP contribution in [0.2, 0.25) is 0 Å². The highest BCUT2D eigenvalue weighted by molar-refractivity contribution is 5.86. The third-order valence-electron chi connectivity index (χ3n) is 4.98. The van der Waals surface area contributed by atoms with E-state index in [-0.39, 0.29) is 17.4 Å². The molecule has 0 bridgehead atoms. The topological polar surface area (TPSA) is 63.1 Å². The fourth-order valence-corrected chi connectivity index (χ4v) is 3.36. The second-order valence-electron chi connectivity index (χ2n) is 6.36. The normalized spacial score (nSPS) is 20.8. The minimum Gasteiger partial charge on any atom is -0.335 e. The van der Waals surface area contributed by atoms with E-state index in [9.17, 15) is 9.18 Å². The molecule has 2 aliphatic heterocycles. The van der Waals surface area contributed by atoms with Crippen LogP contribution in [0.5, 0.6) is 0 Å². The van der Waals surface area contributed by atoms with Crippen molar-refractivity contribution in [1.82, 2.24) is 25.0 Å². The zero-order valence-electron chi connectivity index (χ0n) is 12.9. The lowest BCUT2D eigenvalue weighted by atomic mass is 9.80. The zero-order valence-corrected chi connectivity index (χ0v) is 12.9. The molecule has 23 heavy (non-hydrogen) atoms. The molecule has 7 heteroatoms. The molecule has 1 spiro atoms. The van der Waals surface area contributed by atoms with Crippen LogP contribution in [0.4, 0.5) is 4.39 Å². The van der Waals surface area contributed by atoms with Gasteiger partial charge in [0, 0.05) is 25.8 Å². The van der Waals surface area contributed by atoms with Gasteiger partial charge in [-0.25, -0.2) is 14.1 Å². The van der Waals surface area contributed by atoms with E-state index >= 15 is 0 Å². The van der Waals surface area contributed by atoms with E-state index in [1.165, 1.54) is 10.9 Å². The number of halogens is 1. The molecule has 2 saturated heterocycles. The number of carbonyl (C=O) groups is 1. The van der Waals surface area contributed by atoms with Crippen LogP contribution in [0.15, 0.2) is 30.7 Å². The molecular weight excluding hydrogens is 297 g/mol. The molecule has 2 aliphatic rings. The molecule has 1 amide bonds. The van der Waals surface area contributed by atoms with Crippen molar-refractivity contribution in [2.75, 3.05) is 19.6 Å². The van der Waals surface area contributed by atoms with Crippen LogP contribution in [-0.2, 0) is 4.79 Å². The number of carbonyl (C=O) groups excluding carboxylic acids is 1. The maximum atomic E-state index is 13.0. The van der Waals surface area contributed by atoms with Gasteiger partial charge < -0.3 is 10.2 Å². The van der Waals surface area contributed by atoms with Crippen molar-refractivity contribution in [3.8, 4) is 5.82 Å². The van der Waals surface area contributed by atoms with E-state index < -0.39 is 5.82 Å². The highest BCUT2D eigenvalue weighted by Crippen LogP contribution is 2.39.